The predicted octanol–water partition coefficient (Wildman–Crippen LogP) is 2.36. The molecule has 2 atom stereocenters. The predicted molar refractivity (Wildman–Crippen MR) is 81.2 cm³/mol. The number of halogens is 1. The third kappa shape index (κ3) is 3.56. The van der Waals surface area contributed by atoms with Crippen LogP contribution >= 0.6 is 15.9 Å². The lowest BCUT2D eigenvalue weighted by molar-refractivity contribution is -0.146. The molecule has 2 N–H and O–H groups in total. The number of carbonyl (C=O) groups excluding carboxylic acids is 1. The van der Waals surface area contributed by atoms with Crippen molar-refractivity contribution >= 4 is 27.8 Å². The van der Waals surface area contributed by atoms with Crippen LogP contribution in [0.15, 0.2) is 16.6 Å². The Kier molecular flexibility index (Phi) is 4.88. The van der Waals surface area contributed by atoms with Gasteiger partial charge in [0, 0.05) is 28.9 Å². The molecule has 1 heterocycles. The molecule has 0 aromatic heterocycles. The van der Waals surface area contributed by atoms with Crippen molar-refractivity contribution < 1.29 is 19.4 Å². The Morgan fingerprint density at radius 1 is 1.38 bits per heavy atom. The van der Waals surface area contributed by atoms with Crippen molar-refractivity contribution in [1.82, 2.24) is 5.32 Å². The zero-order valence-electron chi connectivity index (χ0n) is 12.0. The summed E-state index contributed by atoms with van der Waals surface area (Å²) in [6.07, 6.45) is 0.863. The number of fused-ring (bicyclic) bond motifs is 1. The molecule has 0 spiro atoms. The highest BCUT2D eigenvalue weighted by atomic mass is 79.9. The van der Waals surface area contributed by atoms with Crippen LogP contribution < -0.4 is 10.1 Å². The van der Waals surface area contributed by atoms with Crippen molar-refractivity contribution in [3.8, 4) is 5.75 Å². The van der Waals surface area contributed by atoms with Crippen LogP contribution in [-0.2, 0) is 22.6 Å². The molecule has 114 valence electrons. The second-order valence-electron chi connectivity index (χ2n) is 5.29. The maximum absolute atomic E-state index is 12.0. The first kappa shape index (κ1) is 15.8. The summed E-state index contributed by atoms with van der Waals surface area (Å²) in [6.45, 7) is 4.14. The van der Waals surface area contributed by atoms with E-state index in [1.165, 1.54) is 6.92 Å². The SMILES string of the molecule is CC(C(=O)O)C(C)C(=O)NCc1cc(Br)cc2c1OCC2. The second kappa shape index (κ2) is 6.47. The zero-order valence-corrected chi connectivity index (χ0v) is 13.6. The molecule has 0 radical (unpaired) electrons. The molecular formula is C15H18BrNO4. The largest absolute Gasteiger partial charge is 0.493 e. The van der Waals surface area contributed by atoms with Crippen molar-refractivity contribution in [2.24, 2.45) is 11.8 Å². The molecule has 0 aliphatic carbocycles. The first-order valence-electron chi connectivity index (χ1n) is 6.84. The number of carboxylic acid groups (broad SMARTS) is 1. The summed E-state index contributed by atoms with van der Waals surface area (Å²) in [5.74, 6) is -1.70. The molecule has 1 amide bonds. The average Bonchev–Trinajstić information content (AvgIpc) is 2.90. The Hall–Kier alpha value is -1.56. The van der Waals surface area contributed by atoms with E-state index in [-0.39, 0.29) is 5.91 Å². The van der Waals surface area contributed by atoms with Gasteiger partial charge in [-0.3, -0.25) is 9.59 Å². The third-order valence-electron chi connectivity index (χ3n) is 3.83. The first-order valence-corrected chi connectivity index (χ1v) is 7.64. The molecule has 0 saturated heterocycles. The minimum Gasteiger partial charge on any atom is -0.493 e. The van der Waals surface area contributed by atoms with Gasteiger partial charge in [0.15, 0.2) is 0 Å². The van der Waals surface area contributed by atoms with E-state index in [0.717, 1.165) is 27.8 Å². The van der Waals surface area contributed by atoms with Crippen LogP contribution in [0.4, 0.5) is 0 Å². The summed E-state index contributed by atoms with van der Waals surface area (Å²) in [4.78, 5) is 22.9. The number of hydrogen-bond acceptors (Lipinski definition) is 3. The van der Waals surface area contributed by atoms with Crippen LogP contribution in [0.3, 0.4) is 0 Å². The van der Waals surface area contributed by atoms with E-state index < -0.39 is 17.8 Å². The smallest absolute Gasteiger partial charge is 0.307 e. The molecule has 5 nitrogen and oxygen atoms in total. The van der Waals surface area contributed by atoms with E-state index in [2.05, 4.69) is 21.2 Å². The molecule has 21 heavy (non-hydrogen) atoms. The summed E-state index contributed by atoms with van der Waals surface area (Å²) in [5.41, 5.74) is 2.03. The number of hydrogen-bond donors (Lipinski definition) is 2. The molecule has 0 bridgehead atoms. The molecule has 6 heteroatoms. The van der Waals surface area contributed by atoms with Crippen LogP contribution in [-0.4, -0.2) is 23.6 Å². The average molecular weight is 356 g/mol. The van der Waals surface area contributed by atoms with Gasteiger partial charge < -0.3 is 15.2 Å². The van der Waals surface area contributed by atoms with Crippen molar-refractivity contribution in [3.63, 3.8) is 0 Å². The van der Waals surface area contributed by atoms with Crippen LogP contribution in [0.1, 0.15) is 25.0 Å². The number of nitrogens with one attached hydrogen (secondary N) is 1. The summed E-state index contributed by atoms with van der Waals surface area (Å²) in [5, 5.41) is 11.7. The van der Waals surface area contributed by atoms with Crippen molar-refractivity contribution in [2.45, 2.75) is 26.8 Å². The van der Waals surface area contributed by atoms with Crippen LogP contribution in [0.2, 0.25) is 0 Å². The molecule has 1 aliphatic rings. The van der Waals surface area contributed by atoms with Gasteiger partial charge in [0.25, 0.3) is 0 Å². The van der Waals surface area contributed by atoms with Crippen LogP contribution in [0, 0.1) is 11.8 Å². The summed E-state index contributed by atoms with van der Waals surface area (Å²) < 4.78 is 6.54. The Morgan fingerprint density at radius 2 is 2.10 bits per heavy atom. The van der Waals surface area contributed by atoms with Crippen LogP contribution in [0.5, 0.6) is 5.75 Å². The lowest BCUT2D eigenvalue weighted by Gasteiger charge is -2.16. The highest BCUT2D eigenvalue weighted by Gasteiger charge is 2.26. The highest BCUT2D eigenvalue weighted by molar-refractivity contribution is 9.10. The maximum Gasteiger partial charge on any atom is 0.307 e. The molecular weight excluding hydrogens is 338 g/mol. The molecule has 2 unspecified atom stereocenters. The van der Waals surface area contributed by atoms with Gasteiger partial charge in [-0.2, -0.15) is 0 Å². The molecule has 2 rings (SSSR count). The van der Waals surface area contributed by atoms with E-state index in [4.69, 9.17) is 9.84 Å². The Morgan fingerprint density at radius 3 is 2.76 bits per heavy atom. The fourth-order valence-corrected chi connectivity index (χ4v) is 2.81. The van der Waals surface area contributed by atoms with E-state index in [1.54, 1.807) is 6.92 Å². The van der Waals surface area contributed by atoms with E-state index in [0.29, 0.717) is 13.2 Å². The minimum atomic E-state index is -0.968. The Balaban J connectivity index is 2.04. The molecule has 1 aromatic carbocycles. The van der Waals surface area contributed by atoms with Gasteiger partial charge in [-0.1, -0.05) is 29.8 Å². The Bertz CT molecular complexity index is 573. The maximum atomic E-state index is 12.0. The number of carboxylic acids is 1. The number of carbonyl (C=O) groups is 2. The van der Waals surface area contributed by atoms with E-state index >= 15 is 0 Å². The summed E-state index contributed by atoms with van der Waals surface area (Å²) in [6, 6.07) is 3.93. The van der Waals surface area contributed by atoms with Crippen LogP contribution in [0.25, 0.3) is 0 Å². The topological polar surface area (TPSA) is 75.6 Å². The van der Waals surface area contributed by atoms with Crippen molar-refractivity contribution in [3.05, 3.63) is 27.7 Å². The van der Waals surface area contributed by atoms with Gasteiger partial charge in [0.1, 0.15) is 5.75 Å². The highest BCUT2D eigenvalue weighted by Crippen LogP contribution is 2.32. The standard InChI is InChI=1S/C15H18BrNO4/c1-8(9(2)15(19)20)14(18)17-7-11-6-12(16)5-10-3-4-21-13(10)11/h5-6,8-9H,3-4,7H2,1-2H3,(H,17,18)(H,19,20). The molecule has 0 saturated carbocycles. The number of ether oxygens (including phenoxy) is 1. The van der Waals surface area contributed by atoms with Gasteiger partial charge >= 0.3 is 5.97 Å². The first-order chi connectivity index (χ1) is 9.90. The van der Waals surface area contributed by atoms with Gasteiger partial charge in [-0.25, -0.2) is 0 Å². The normalized spacial score (nSPS) is 15.8. The van der Waals surface area contributed by atoms with E-state index in [9.17, 15) is 9.59 Å². The fourth-order valence-electron chi connectivity index (χ4n) is 2.26. The lowest BCUT2D eigenvalue weighted by atomic mass is 9.95. The summed E-state index contributed by atoms with van der Waals surface area (Å²) in [7, 11) is 0. The zero-order chi connectivity index (χ0) is 15.6. The fraction of sp³-hybridized carbons (Fsp3) is 0.467. The van der Waals surface area contributed by atoms with Crippen molar-refractivity contribution in [2.75, 3.05) is 6.61 Å². The summed E-state index contributed by atoms with van der Waals surface area (Å²) >= 11 is 3.45. The lowest BCUT2D eigenvalue weighted by Crippen LogP contribution is -2.34. The van der Waals surface area contributed by atoms with E-state index in [1.807, 2.05) is 12.1 Å². The Labute approximate surface area is 131 Å². The number of benzene rings is 1. The quantitative estimate of drug-likeness (QED) is 0.849. The number of amides is 1. The molecule has 0 fully saturated rings. The number of rotatable bonds is 5. The van der Waals surface area contributed by atoms with Gasteiger partial charge in [0.05, 0.1) is 12.5 Å². The minimum absolute atomic E-state index is 0.267. The second-order valence-corrected chi connectivity index (χ2v) is 6.20. The van der Waals surface area contributed by atoms with Gasteiger partial charge in [-0.15, -0.1) is 0 Å². The van der Waals surface area contributed by atoms with Gasteiger partial charge in [-0.05, 0) is 17.7 Å². The molecule has 1 aliphatic heterocycles. The monoisotopic (exact) mass is 355 g/mol. The third-order valence-corrected chi connectivity index (χ3v) is 4.29. The molecule has 1 aromatic rings. The number of aliphatic carboxylic acids is 1. The van der Waals surface area contributed by atoms with Gasteiger partial charge in [0.2, 0.25) is 5.91 Å². The van der Waals surface area contributed by atoms with Crippen molar-refractivity contribution in [1.29, 1.82) is 0 Å².